The second kappa shape index (κ2) is 9.73. The Morgan fingerprint density at radius 1 is 1.15 bits per heavy atom. The number of nitrogens with two attached hydrogens (primary N) is 1. The Labute approximate surface area is 160 Å². The van der Waals surface area contributed by atoms with Gasteiger partial charge in [-0.2, -0.15) is 15.0 Å². The van der Waals surface area contributed by atoms with Gasteiger partial charge in [-0.25, -0.2) is 0 Å². The van der Waals surface area contributed by atoms with Crippen LogP contribution in [0.15, 0.2) is 0 Å². The van der Waals surface area contributed by atoms with Crippen LogP contribution in [-0.4, -0.2) is 46.3 Å². The van der Waals surface area contributed by atoms with Crippen molar-refractivity contribution in [2.45, 2.75) is 58.4 Å². The topological polar surface area (TPSA) is 100 Å². The molecule has 1 saturated heterocycles. The third-order valence-electron chi connectivity index (χ3n) is 5.18. The number of ether oxygens (including phenoxy) is 2. The van der Waals surface area contributed by atoms with Crippen LogP contribution >= 0.6 is 0 Å². The number of aryl methyl sites for hydroxylation is 1. The Bertz CT molecular complexity index is 727. The van der Waals surface area contributed by atoms with Gasteiger partial charge in [0, 0.05) is 6.54 Å². The zero-order chi connectivity index (χ0) is 19.1. The molecule has 0 aromatic carbocycles. The lowest BCUT2D eigenvalue weighted by Crippen LogP contribution is -2.27. The highest BCUT2D eigenvalue weighted by Crippen LogP contribution is 2.26. The van der Waals surface area contributed by atoms with Crippen LogP contribution in [0.5, 0.6) is 12.0 Å². The minimum atomic E-state index is 0.312. The van der Waals surface area contributed by atoms with Crippen LogP contribution in [0, 0.1) is 5.92 Å². The minimum absolute atomic E-state index is 0.312. The number of piperidine rings is 1. The number of anilines is 1. The van der Waals surface area contributed by atoms with Crippen molar-refractivity contribution in [1.82, 2.24) is 24.8 Å². The zero-order valence-electron chi connectivity index (χ0n) is 16.5. The molecule has 0 radical (unpaired) electrons. The fraction of sp³-hybridized carbons (Fsp3) is 0.737. The summed E-state index contributed by atoms with van der Waals surface area (Å²) in [4.78, 5) is 13.2. The average Bonchev–Trinajstić information content (AvgIpc) is 3.04. The second-order valence-corrected chi connectivity index (χ2v) is 7.20. The summed E-state index contributed by atoms with van der Waals surface area (Å²) in [5, 5.41) is 3.42. The van der Waals surface area contributed by atoms with Gasteiger partial charge in [0.05, 0.1) is 13.7 Å². The van der Waals surface area contributed by atoms with Gasteiger partial charge in [0.2, 0.25) is 0 Å². The van der Waals surface area contributed by atoms with Crippen LogP contribution < -0.4 is 20.5 Å². The summed E-state index contributed by atoms with van der Waals surface area (Å²) in [6, 6.07) is 0.838. The van der Waals surface area contributed by atoms with Crippen LogP contribution in [0.2, 0.25) is 0 Å². The maximum Gasteiger partial charge on any atom is 0.320 e. The first kappa shape index (κ1) is 19.7. The molecular formula is C19H32N6O2. The van der Waals surface area contributed by atoms with Gasteiger partial charge in [0.25, 0.3) is 6.01 Å². The van der Waals surface area contributed by atoms with E-state index in [-0.39, 0.29) is 0 Å². The lowest BCUT2D eigenvalue weighted by molar-refractivity contribution is 0.286. The largest absolute Gasteiger partial charge is 0.468 e. The van der Waals surface area contributed by atoms with Crippen LogP contribution in [-0.2, 0) is 6.54 Å². The van der Waals surface area contributed by atoms with Crippen molar-refractivity contribution in [2.75, 3.05) is 32.5 Å². The number of imidazole rings is 1. The number of nitrogen functional groups attached to an aromatic ring is 1. The highest BCUT2D eigenvalue weighted by Gasteiger charge is 2.18. The van der Waals surface area contributed by atoms with E-state index in [1.165, 1.54) is 25.7 Å². The summed E-state index contributed by atoms with van der Waals surface area (Å²) in [7, 11) is 1.62. The van der Waals surface area contributed by atoms with E-state index in [1.807, 2.05) is 4.57 Å². The first-order valence-electron chi connectivity index (χ1n) is 10.1. The maximum absolute atomic E-state index is 6.08. The molecule has 1 fully saturated rings. The smallest absolute Gasteiger partial charge is 0.320 e. The van der Waals surface area contributed by atoms with E-state index in [2.05, 4.69) is 27.2 Å². The molecule has 2 aromatic heterocycles. The van der Waals surface area contributed by atoms with Crippen molar-refractivity contribution in [2.24, 2.45) is 5.92 Å². The number of hydrogen-bond acceptors (Lipinski definition) is 7. The van der Waals surface area contributed by atoms with Gasteiger partial charge in [-0.05, 0) is 44.7 Å². The second-order valence-electron chi connectivity index (χ2n) is 7.20. The number of unbranched alkanes of at least 4 members (excludes halogenated alkanes) is 2. The summed E-state index contributed by atoms with van der Waals surface area (Å²) in [6.45, 7) is 5.81. The molecule has 150 valence electrons. The number of fused-ring (bicyclic) bond motifs is 1. The number of hydrogen-bond donors (Lipinski definition) is 2. The van der Waals surface area contributed by atoms with Gasteiger partial charge in [0.1, 0.15) is 0 Å². The van der Waals surface area contributed by atoms with Crippen LogP contribution in [0.1, 0.15) is 51.9 Å². The summed E-state index contributed by atoms with van der Waals surface area (Å²) < 4.78 is 13.1. The molecule has 3 heterocycles. The normalized spacial score (nSPS) is 15.3. The number of nitrogens with zero attached hydrogens (tertiary/aromatic N) is 4. The van der Waals surface area contributed by atoms with Crippen molar-refractivity contribution in [3.05, 3.63) is 0 Å². The van der Waals surface area contributed by atoms with Gasteiger partial charge >= 0.3 is 6.01 Å². The fourth-order valence-electron chi connectivity index (χ4n) is 3.58. The molecule has 0 amide bonds. The highest BCUT2D eigenvalue weighted by atomic mass is 16.5. The summed E-state index contributed by atoms with van der Waals surface area (Å²) >= 11 is 0. The van der Waals surface area contributed by atoms with Crippen molar-refractivity contribution in [3.63, 3.8) is 0 Å². The minimum Gasteiger partial charge on any atom is -0.468 e. The Hall–Kier alpha value is -2.09. The highest BCUT2D eigenvalue weighted by molar-refractivity contribution is 5.83. The predicted octanol–water partition coefficient (Wildman–Crippen LogP) is 2.77. The lowest BCUT2D eigenvalue weighted by atomic mass is 9.92. The zero-order valence-corrected chi connectivity index (χ0v) is 16.5. The molecule has 0 atom stereocenters. The molecule has 0 spiro atoms. The summed E-state index contributed by atoms with van der Waals surface area (Å²) in [5.74, 6) is 1.18. The van der Waals surface area contributed by atoms with E-state index < -0.39 is 0 Å². The van der Waals surface area contributed by atoms with Gasteiger partial charge in [0.15, 0.2) is 17.0 Å². The number of nitrogens with one attached hydrogen (secondary N) is 1. The van der Waals surface area contributed by atoms with Crippen LogP contribution in [0.4, 0.5) is 5.82 Å². The van der Waals surface area contributed by atoms with Crippen molar-refractivity contribution in [1.29, 1.82) is 0 Å². The van der Waals surface area contributed by atoms with Gasteiger partial charge in [-0.15, -0.1) is 0 Å². The molecule has 0 aliphatic carbocycles. The number of rotatable bonds is 10. The predicted molar refractivity (Wildman–Crippen MR) is 106 cm³/mol. The fourth-order valence-corrected chi connectivity index (χ4v) is 3.58. The van der Waals surface area contributed by atoms with E-state index in [9.17, 15) is 0 Å². The van der Waals surface area contributed by atoms with Crippen molar-refractivity contribution in [3.8, 4) is 12.0 Å². The third kappa shape index (κ3) is 5.00. The first-order valence-corrected chi connectivity index (χ1v) is 10.1. The summed E-state index contributed by atoms with van der Waals surface area (Å²) in [5.41, 5.74) is 7.35. The molecule has 8 heteroatoms. The molecular weight excluding hydrogens is 344 g/mol. The third-order valence-corrected chi connectivity index (χ3v) is 5.18. The molecule has 1 aliphatic heterocycles. The molecule has 3 rings (SSSR count). The first-order chi connectivity index (χ1) is 13.2. The molecule has 8 nitrogen and oxygen atoms in total. The lowest BCUT2D eigenvalue weighted by Gasteiger charge is -2.22. The average molecular weight is 377 g/mol. The Morgan fingerprint density at radius 3 is 2.70 bits per heavy atom. The quantitative estimate of drug-likeness (QED) is 0.615. The summed E-state index contributed by atoms with van der Waals surface area (Å²) in [6.07, 6.45) is 8.12. The van der Waals surface area contributed by atoms with Gasteiger partial charge < -0.3 is 20.5 Å². The number of aromatic nitrogens is 4. The number of methoxy groups -OCH3 is 1. The molecule has 27 heavy (non-hydrogen) atoms. The van der Waals surface area contributed by atoms with Crippen LogP contribution in [0.25, 0.3) is 11.2 Å². The molecule has 0 bridgehead atoms. The van der Waals surface area contributed by atoms with Gasteiger partial charge in [-0.1, -0.05) is 26.2 Å². The van der Waals surface area contributed by atoms with E-state index in [0.29, 0.717) is 35.6 Å². The SMILES string of the molecule is CCCCOc1nc(N)c2nc(OC)n(CCCCC3CCNCC3)c2n1. The monoisotopic (exact) mass is 376 g/mol. The van der Waals surface area contributed by atoms with Gasteiger partial charge in [-0.3, -0.25) is 4.57 Å². The van der Waals surface area contributed by atoms with E-state index >= 15 is 0 Å². The molecule has 0 unspecified atom stereocenters. The maximum atomic E-state index is 6.08. The standard InChI is InChI=1S/C19H32N6O2/c1-3-4-13-27-18-23-16(20)15-17(24-18)25(19(22-15)26-2)12-6-5-7-14-8-10-21-11-9-14/h14,21H,3-13H2,1-2H3,(H2,20,23,24). The van der Waals surface area contributed by atoms with Crippen molar-refractivity contribution >= 4 is 17.0 Å². The van der Waals surface area contributed by atoms with E-state index in [1.54, 1.807) is 7.11 Å². The van der Waals surface area contributed by atoms with E-state index in [0.717, 1.165) is 44.8 Å². The molecule has 0 saturated carbocycles. The molecule has 3 N–H and O–H groups in total. The molecule has 2 aromatic rings. The Morgan fingerprint density at radius 2 is 1.96 bits per heavy atom. The Balaban J connectivity index is 1.68. The van der Waals surface area contributed by atoms with E-state index in [4.69, 9.17) is 15.2 Å². The Kier molecular flexibility index (Phi) is 7.09. The van der Waals surface area contributed by atoms with Crippen LogP contribution in [0.3, 0.4) is 0 Å². The van der Waals surface area contributed by atoms with Crippen molar-refractivity contribution < 1.29 is 9.47 Å². The molecule has 1 aliphatic rings.